The van der Waals surface area contributed by atoms with Crippen LogP contribution in [0.5, 0.6) is 0 Å². The number of nitrogens with zero attached hydrogens (tertiary/aromatic N) is 1. The van der Waals surface area contributed by atoms with Crippen molar-refractivity contribution in [3.05, 3.63) is 35.9 Å². The van der Waals surface area contributed by atoms with Crippen LogP contribution in [0.3, 0.4) is 0 Å². The highest BCUT2D eigenvalue weighted by Gasteiger charge is 2.23. The van der Waals surface area contributed by atoms with Crippen LogP contribution in [-0.4, -0.2) is 46.7 Å². The molecule has 1 aromatic carbocycles. The summed E-state index contributed by atoms with van der Waals surface area (Å²) < 4.78 is 10.7. The van der Waals surface area contributed by atoms with Crippen molar-refractivity contribution in [2.24, 2.45) is 0 Å². The lowest BCUT2D eigenvalue weighted by atomic mass is 10.1. The van der Waals surface area contributed by atoms with E-state index in [4.69, 9.17) is 14.6 Å². The van der Waals surface area contributed by atoms with E-state index in [-0.39, 0.29) is 19.6 Å². The number of carboxylic acid groups (broad SMARTS) is 1. The van der Waals surface area contributed by atoms with Crippen LogP contribution in [0.4, 0.5) is 4.79 Å². The van der Waals surface area contributed by atoms with E-state index in [1.54, 1.807) is 20.8 Å². The molecular formula is C22H33NO6. The molecule has 7 nitrogen and oxygen atoms in total. The van der Waals surface area contributed by atoms with Crippen molar-refractivity contribution in [3.8, 4) is 0 Å². The van der Waals surface area contributed by atoms with Gasteiger partial charge in [-0.3, -0.25) is 14.5 Å². The number of aliphatic carboxylic acids is 1. The van der Waals surface area contributed by atoms with Gasteiger partial charge in [-0.05, 0) is 39.2 Å². The molecule has 0 heterocycles. The van der Waals surface area contributed by atoms with Gasteiger partial charge in [0.15, 0.2) is 0 Å². The minimum absolute atomic E-state index is 0.139. The minimum Gasteiger partial charge on any atom is -0.481 e. The van der Waals surface area contributed by atoms with E-state index < -0.39 is 23.6 Å². The number of carbonyl (C=O) groups is 3. The first-order chi connectivity index (χ1) is 13.7. The van der Waals surface area contributed by atoms with Crippen LogP contribution in [0, 0.1) is 0 Å². The molecule has 1 rings (SSSR count). The molecule has 0 spiro atoms. The largest absolute Gasteiger partial charge is 0.481 e. The maximum atomic E-state index is 12.5. The first-order valence-corrected chi connectivity index (χ1v) is 10.1. The van der Waals surface area contributed by atoms with E-state index in [2.05, 4.69) is 0 Å². The lowest BCUT2D eigenvalue weighted by Gasteiger charge is -2.25. The number of hydrogen-bond acceptors (Lipinski definition) is 5. The molecule has 1 aromatic rings. The summed E-state index contributed by atoms with van der Waals surface area (Å²) >= 11 is 0. The van der Waals surface area contributed by atoms with Crippen LogP contribution in [0.1, 0.15) is 64.9 Å². The van der Waals surface area contributed by atoms with Crippen molar-refractivity contribution in [1.82, 2.24) is 4.90 Å². The number of ether oxygens (including phenoxy) is 2. The van der Waals surface area contributed by atoms with Crippen LogP contribution in [0.2, 0.25) is 0 Å². The first-order valence-electron chi connectivity index (χ1n) is 10.1. The summed E-state index contributed by atoms with van der Waals surface area (Å²) in [6.07, 6.45) is 3.54. The maximum absolute atomic E-state index is 12.5. The Balaban J connectivity index is 2.50. The smallest absolute Gasteiger partial charge is 0.410 e. The summed E-state index contributed by atoms with van der Waals surface area (Å²) in [6, 6.07) is 9.35. The van der Waals surface area contributed by atoms with E-state index in [1.165, 1.54) is 4.90 Å². The molecule has 0 aliphatic carbocycles. The number of unbranched alkanes of at least 4 members (excludes halogenated alkanes) is 4. The molecule has 0 aliphatic rings. The van der Waals surface area contributed by atoms with Gasteiger partial charge in [0.05, 0.1) is 0 Å². The lowest BCUT2D eigenvalue weighted by Crippen LogP contribution is -2.39. The van der Waals surface area contributed by atoms with Gasteiger partial charge in [-0.2, -0.15) is 0 Å². The molecule has 29 heavy (non-hydrogen) atoms. The Hall–Kier alpha value is -2.57. The van der Waals surface area contributed by atoms with Gasteiger partial charge in [0.1, 0.15) is 18.8 Å². The van der Waals surface area contributed by atoms with Crippen LogP contribution in [0.25, 0.3) is 0 Å². The van der Waals surface area contributed by atoms with Crippen LogP contribution in [0.15, 0.2) is 30.3 Å². The van der Waals surface area contributed by atoms with Gasteiger partial charge in [0, 0.05) is 13.0 Å². The molecule has 0 saturated carbocycles. The quantitative estimate of drug-likeness (QED) is 0.408. The predicted molar refractivity (Wildman–Crippen MR) is 109 cm³/mol. The molecule has 0 aliphatic heterocycles. The third-order valence-corrected chi connectivity index (χ3v) is 4.02. The fourth-order valence-corrected chi connectivity index (χ4v) is 2.68. The fourth-order valence-electron chi connectivity index (χ4n) is 2.68. The summed E-state index contributed by atoms with van der Waals surface area (Å²) in [4.78, 5) is 36.5. The standard InChI is InChI=1S/C22H33NO6/c1-22(2,3)29-20(26)16-23(15-11-6-4-5-10-14-19(24)25)21(27)28-17-18-12-8-7-9-13-18/h7-9,12-13H,4-6,10-11,14-17H2,1-3H3,(H,24,25). The number of carboxylic acids is 1. The van der Waals surface area contributed by atoms with Crippen molar-refractivity contribution in [1.29, 1.82) is 0 Å². The third-order valence-electron chi connectivity index (χ3n) is 4.02. The number of esters is 1. The fraction of sp³-hybridized carbons (Fsp3) is 0.591. The zero-order valence-corrected chi connectivity index (χ0v) is 17.7. The Labute approximate surface area is 173 Å². The van der Waals surface area contributed by atoms with Crippen molar-refractivity contribution in [3.63, 3.8) is 0 Å². The van der Waals surface area contributed by atoms with Gasteiger partial charge in [-0.25, -0.2) is 4.79 Å². The average Bonchev–Trinajstić information content (AvgIpc) is 2.63. The molecule has 0 unspecified atom stereocenters. The molecule has 0 atom stereocenters. The summed E-state index contributed by atoms with van der Waals surface area (Å²) in [5.41, 5.74) is 0.248. The molecule has 1 N–H and O–H groups in total. The highest BCUT2D eigenvalue weighted by molar-refractivity contribution is 5.78. The normalized spacial score (nSPS) is 11.0. The Kier molecular flexibility index (Phi) is 10.8. The van der Waals surface area contributed by atoms with Gasteiger partial charge in [0.2, 0.25) is 0 Å². The average molecular weight is 408 g/mol. The van der Waals surface area contributed by atoms with E-state index in [0.29, 0.717) is 19.4 Å². The zero-order chi connectivity index (χ0) is 21.7. The van der Waals surface area contributed by atoms with Gasteiger partial charge < -0.3 is 14.6 Å². The van der Waals surface area contributed by atoms with Crippen molar-refractivity contribution in [2.45, 2.75) is 71.5 Å². The third kappa shape index (κ3) is 12.5. The number of benzene rings is 1. The molecule has 0 saturated heterocycles. The van der Waals surface area contributed by atoms with E-state index in [1.807, 2.05) is 30.3 Å². The molecular weight excluding hydrogens is 374 g/mol. The molecule has 1 amide bonds. The van der Waals surface area contributed by atoms with E-state index in [9.17, 15) is 14.4 Å². The van der Waals surface area contributed by atoms with Crippen LogP contribution >= 0.6 is 0 Å². The summed E-state index contributed by atoms with van der Waals surface area (Å²) in [5.74, 6) is -1.26. The number of hydrogen-bond donors (Lipinski definition) is 1. The predicted octanol–water partition coefficient (Wildman–Crippen LogP) is 4.39. The van der Waals surface area contributed by atoms with E-state index >= 15 is 0 Å². The van der Waals surface area contributed by atoms with Gasteiger partial charge in [-0.15, -0.1) is 0 Å². The van der Waals surface area contributed by atoms with Crippen LogP contribution < -0.4 is 0 Å². The topological polar surface area (TPSA) is 93.1 Å². The first kappa shape index (κ1) is 24.5. The Morgan fingerprint density at radius 1 is 0.966 bits per heavy atom. The molecule has 162 valence electrons. The molecule has 0 bridgehead atoms. The maximum Gasteiger partial charge on any atom is 0.410 e. The Bertz CT molecular complexity index is 638. The Morgan fingerprint density at radius 2 is 1.59 bits per heavy atom. The Morgan fingerprint density at radius 3 is 2.21 bits per heavy atom. The van der Waals surface area contributed by atoms with Crippen molar-refractivity contribution >= 4 is 18.0 Å². The summed E-state index contributed by atoms with van der Waals surface area (Å²) in [6.45, 7) is 5.69. The number of carbonyl (C=O) groups excluding carboxylic acids is 2. The summed E-state index contributed by atoms with van der Waals surface area (Å²) in [7, 11) is 0. The lowest BCUT2D eigenvalue weighted by molar-refractivity contribution is -0.155. The second-order valence-electron chi connectivity index (χ2n) is 7.96. The molecule has 0 radical (unpaired) electrons. The zero-order valence-electron chi connectivity index (χ0n) is 17.7. The second-order valence-corrected chi connectivity index (χ2v) is 7.96. The number of rotatable bonds is 12. The van der Waals surface area contributed by atoms with Crippen molar-refractivity contribution in [2.75, 3.05) is 13.1 Å². The molecule has 0 aromatic heterocycles. The SMILES string of the molecule is CC(C)(C)OC(=O)CN(CCCCCCCC(=O)O)C(=O)OCc1ccccc1. The highest BCUT2D eigenvalue weighted by atomic mass is 16.6. The van der Waals surface area contributed by atoms with E-state index in [0.717, 1.165) is 24.8 Å². The monoisotopic (exact) mass is 407 g/mol. The van der Waals surface area contributed by atoms with Crippen LogP contribution in [-0.2, 0) is 25.7 Å². The van der Waals surface area contributed by atoms with Crippen molar-refractivity contribution < 1.29 is 29.0 Å². The minimum atomic E-state index is -0.783. The summed E-state index contributed by atoms with van der Waals surface area (Å²) in [5, 5.41) is 8.65. The number of amides is 1. The van der Waals surface area contributed by atoms with Gasteiger partial charge >= 0.3 is 18.0 Å². The highest BCUT2D eigenvalue weighted by Crippen LogP contribution is 2.11. The van der Waals surface area contributed by atoms with Gasteiger partial charge in [-0.1, -0.05) is 49.6 Å². The van der Waals surface area contributed by atoms with Gasteiger partial charge in [0.25, 0.3) is 0 Å². The molecule has 0 fully saturated rings. The second kappa shape index (κ2) is 12.8. The molecule has 7 heteroatoms.